The molecule has 1 amide bonds. The first-order chi connectivity index (χ1) is 8.57. The number of carbonyl (C=O) groups excluding carboxylic acids is 1. The van der Waals surface area contributed by atoms with Gasteiger partial charge in [0.1, 0.15) is 0 Å². The van der Waals surface area contributed by atoms with Crippen molar-refractivity contribution in [3.63, 3.8) is 0 Å². The maximum Gasteiger partial charge on any atom is 0.239 e. The highest BCUT2D eigenvalue weighted by atomic mass is 16.5. The molecular weight excluding hydrogens is 230 g/mol. The fourth-order valence-electron chi connectivity index (χ4n) is 2.28. The average molecular weight is 257 g/mol. The SMILES string of the molecule is COCCN(C(=O)C(C)N1CCNCC1)C(C)C. The molecule has 1 rings (SSSR count). The topological polar surface area (TPSA) is 44.8 Å². The highest BCUT2D eigenvalue weighted by Crippen LogP contribution is 2.08. The maximum atomic E-state index is 12.5. The molecule has 5 nitrogen and oxygen atoms in total. The Bertz CT molecular complexity index is 253. The van der Waals surface area contributed by atoms with Gasteiger partial charge in [-0.1, -0.05) is 0 Å². The maximum absolute atomic E-state index is 12.5. The summed E-state index contributed by atoms with van der Waals surface area (Å²) in [5, 5.41) is 3.31. The molecule has 1 aliphatic rings. The molecule has 18 heavy (non-hydrogen) atoms. The van der Waals surface area contributed by atoms with Gasteiger partial charge in [-0.05, 0) is 20.8 Å². The summed E-state index contributed by atoms with van der Waals surface area (Å²) in [6, 6.07) is 0.185. The van der Waals surface area contributed by atoms with Crippen molar-refractivity contribution in [1.29, 1.82) is 0 Å². The van der Waals surface area contributed by atoms with Crippen LogP contribution in [0, 0.1) is 0 Å². The number of methoxy groups -OCH3 is 1. The summed E-state index contributed by atoms with van der Waals surface area (Å²) >= 11 is 0. The van der Waals surface area contributed by atoms with E-state index in [2.05, 4.69) is 24.1 Å². The van der Waals surface area contributed by atoms with Gasteiger partial charge in [0.25, 0.3) is 0 Å². The molecule has 0 aromatic rings. The lowest BCUT2D eigenvalue weighted by atomic mass is 10.2. The third-order valence-electron chi connectivity index (χ3n) is 3.50. The van der Waals surface area contributed by atoms with Crippen molar-refractivity contribution < 1.29 is 9.53 Å². The second-order valence-electron chi connectivity index (χ2n) is 5.08. The van der Waals surface area contributed by atoms with Gasteiger partial charge in [0.05, 0.1) is 12.6 Å². The highest BCUT2D eigenvalue weighted by Gasteiger charge is 2.27. The summed E-state index contributed by atoms with van der Waals surface area (Å²) in [7, 11) is 1.67. The van der Waals surface area contributed by atoms with E-state index in [1.165, 1.54) is 0 Å². The fraction of sp³-hybridized carbons (Fsp3) is 0.923. The third kappa shape index (κ3) is 4.23. The van der Waals surface area contributed by atoms with Crippen LogP contribution in [0.2, 0.25) is 0 Å². The van der Waals surface area contributed by atoms with E-state index in [0.29, 0.717) is 13.2 Å². The zero-order chi connectivity index (χ0) is 13.5. The summed E-state index contributed by atoms with van der Waals surface area (Å²) in [6.07, 6.45) is 0. The molecule has 1 N–H and O–H groups in total. The summed E-state index contributed by atoms with van der Waals surface area (Å²) in [5.74, 6) is 0.212. The normalized spacial score (nSPS) is 18.9. The molecule has 1 unspecified atom stereocenters. The van der Waals surface area contributed by atoms with Crippen LogP contribution in [-0.4, -0.2) is 74.2 Å². The molecule has 0 spiro atoms. The number of nitrogens with zero attached hydrogens (tertiary/aromatic N) is 2. The molecule has 1 atom stereocenters. The molecule has 0 bridgehead atoms. The number of hydrogen-bond donors (Lipinski definition) is 1. The lowest BCUT2D eigenvalue weighted by Gasteiger charge is -2.36. The number of rotatable bonds is 6. The van der Waals surface area contributed by atoms with Crippen LogP contribution in [0.5, 0.6) is 0 Å². The quantitative estimate of drug-likeness (QED) is 0.736. The minimum Gasteiger partial charge on any atom is -0.383 e. The van der Waals surface area contributed by atoms with Crippen molar-refractivity contribution in [1.82, 2.24) is 15.1 Å². The van der Waals surface area contributed by atoms with Crippen molar-refractivity contribution in [2.45, 2.75) is 32.9 Å². The van der Waals surface area contributed by atoms with Crippen LogP contribution in [0.1, 0.15) is 20.8 Å². The largest absolute Gasteiger partial charge is 0.383 e. The molecule has 0 aromatic carbocycles. The Hall–Kier alpha value is -0.650. The number of nitrogens with one attached hydrogen (secondary N) is 1. The molecule has 0 saturated carbocycles. The van der Waals surface area contributed by atoms with E-state index in [1.54, 1.807) is 7.11 Å². The Morgan fingerprint density at radius 2 is 1.94 bits per heavy atom. The van der Waals surface area contributed by atoms with E-state index < -0.39 is 0 Å². The molecule has 0 aliphatic carbocycles. The Morgan fingerprint density at radius 3 is 2.44 bits per heavy atom. The van der Waals surface area contributed by atoms with Gasteiger partial charge in [-0.25, -0.2) is 0 Å². The van der Waals surface area contributed by atoms with E-state index in [1.807, 2.05) is 11.8 Å². The molecule has 5 heteroatoms. The van der Waals surface area contributed by atoms with E-state index in [4.69, 9.17) is 4.74 Å². The van der Waals surface area contributed by atoms with E-state index in [0.717, 1.165) is 26.2 Å². The lowest BCUT2D eigenvalue weighted by molar-refractivity contribution is -0.139. The summed E-state index contributed by atoms with van der Waals surface area (Å²) in [4.78, 5) is 16.7. The second kappa shape index (κ2) is 7.71. The minimum atomic E-state index is -0.0358. The van der Waals surface area contributed by atoms with Gasteiger partial charge in [0.15, 0.2) is 0 Å². The van der Waals surface area contributed by atoms with E-state index in [9.17, 15) is 4.79 Å². The van der Waals surface area contributed by atoms with Gasteiger partial charge in [-0.2, -0.15) is 0 Å². The first-order valence-electron chi connectivity index (χ1n) is 6.82. The molecule has 1 heterocycles. The van der Waals surface area contributed by atoms with Crippen LogP contribution in [-0.2, 0) is 9.53 Å². The lowest BCUT2D eigenvalue weighted by Crippen LogP contribution is -2.55. The summed E-state index contributed by atoms with van der Waals surface area (Å²) in [5.41, 5.74) is 0. The van der Waals surface area contributed by atoms with Crippen LogP contribution in [0.15, 0.2) is 0 Å². The Labute approximate surface area is 110 Å². The van der Waals surface area contributed by atoms with E-state index >= 15 is 0 Å². The zero-order valence-electron chi connectivity index (χ0n) is 12.1. The van der Waals surface area contributed by atoms with Crippen molar-refractivity contribution in [3.8, 4) is 0 Å². The standard InChI is InChI=1S/C13H27N3O2/c1-11(2)16(9-10-18-4)13(17)12(3)15-7-5-14-6-8-15/h11-12,14H,5-10H2,1-4H3. The first kappa shape index (κ1) is 15.4. The number of piperazine rings is 1. The number of carbonyl (C=O) groups is 1. The van der Waals surface area contributed by atoms with E-state index in [-0.39, 0.29) is 18.0 Å². The molecule has 0 radical (unpaired) electrons. The Balaban J connectivity index is 2.57. The molecule has 1 aliphatic heterocycles. The first-order valence-corrected chi connectivity index (χ1v) is 6.82. The highest BCUT2D eigenvalue weighted by molar-refractivity contribution is 5.81. The van der Waals surface area contributed by atoms with Crippen LogP contribution >= 0.6 is 0 Å². The summed E-state index contributed by atoms with van der Waals surface area (Å²) < 4.78 is 5.08. The van der Waals surface area contributed by atoms with Crippen molar-refractivity contribution in [2.75, 3.05) is 46.4 Å². The molecule has 0 aromatic heterocycles. The monoisotopic (exact) mass is 257 g/mol. The third-order valence-corrected chi connectivity index (χ3v) is 3.50. The number of hydrogen-bond acceptors (Lipinski definition) is 4. The van der Waals surface area contributed by atoms with Crippen LogP contribution in [0.25, 0.3) is 0 Å². The second-order valence-corrected chi connectivity index (χ2v) is 5.08. The smallest absolute Gasteiger partial charge is 0.239 e. The van der Waals surface area contributed by atoms with Crippen molar-refractivity contribution in [2.24, 2.45) is 0 Å². The van der Waals surface area contributed by atoms with Crippen LogP contribution in [0.4, 0.5) is 0 Å². The predicted molar refractivity (Wildman–Crippen MR) is 72.6 cm³/mol. The van der Waals surface area contributed by atoms with Gasteiger partial charge in [0, 0.05) is 45.9 Å². The molecular formula is C13H27N3O2. The van der Waals surface area contributed by atoms with Crippen molar-refractivity contribution >= 4 is 5.91 Å². The molecule has 1 fully saturated rings. The number of amides is 1. The minimum absolute atomic E-state index is 0.0358. The average Bonchev–Trinajstić information content (AvgIpc) is 2.38. The van der Waals surface area contributed by atoms with Gasteiger partial charge >= 0.3 is 0 Å². The van der Waals surface area contributed by atoms with Gasteiger partial charge in [-0.15, -0.1) is 0 Å². The Morgan fingerprint density at radius 1 is 1.33 bits per heavy atom. The van der Waals surface area contributed by atoms with Gasteiger partial charge in [0.2, 0.25) is 5.91 Å². The summed E-state index contributed by atoms with van der Waals surface area (Å²) in [6.45, 7) is 11.2. The Kier molecular flexibility index (Phi) is 6.60. The number of ether oxygens (including phenoxy) is 1. The van der Waals surface area contributed by atoms with Gasteiger partial charge in [-0.3, -0.25) is 9.69 Å². The zero-order valence-corrected chi connectivity index (χ0v) is 12.1. The van der Waals surface area contributed by atoms with Crippen LogP contribution < -0.4 is 5.32 Å². The molecule has 106 valence electrons. The molecule has 1 saturated heterocycles. The van der Waals surface area contributed by atoms with Crippen LogP contribution in [0.3, 0.4) is 0 Å². The predicted octanol–water partition coefficient (Wildman–Crippen LogP) is 0.164. The van der Waals surface area contributed by atoms with Crippen molar-refractivity contribution in [3.05, 3.63) is 0 Å². The van der Waals surface area contributed by atoms with Gasteiger partial charge < -0.3 is 15.0 Å². The fourth-order valence-corrected chi connectivity index (χ4v) is 2.28.